The van der Waals surface area contributed by atoms with Crippen molar-refractivity contribution >= 4 is 23.8 Å². The van der Waals surface area contributed by atoms with Crippen LogP contribution < -0.4 is 0 Å². The topological polar surface area (TPSA) is 69.7 Å². The highest BCUT2D eigenvalue weighted by atomic mass is 16.5. The summed E-state index contributed by atoms with van der Waals surface area (Å²) in [5.41, 5.74) is 0.698. The second-order valence-corrected chi connectivity index (χ2v) is 4.33. The van der Waals surface area contributed by atoms with Gasteiger partial charge in [-0.2, -0.15) is 0 Å². The predicted molar refractivity (Wildman–Crippen MR) is 77.1 cm³/mol. The molecule has 0 saturated heterocycles. The van der Waals surface area contributed by atoms with E-state index >= 15 is 0 Å². The number of hydrogen-bond donors (Lipinski definition) is 0. The van der Waals surface area contributed by atoms with E-state index in [1.165, 1.54) is 13.0 Å². The lowest BCUT2D eigenvalue weighted by atomic mass is 10.1. The molecule has 112 valence electrons. The molecule has 1 aromatic carbocycles. The lowest BCUT2D eigenvalue weighted by molar-refractivity contribution is -0.148. The number of allylic oxidation sites excluding steroid dienone is 1. The summed E-state index contributed by atoms with van der Waals surface area (Å²) in [6, 6.07) is 8.92. The van der Waals surface area contributed by atoms with Crippen molar-refractivity contribution in [2.45, 2.75) is 26.7 Å². The molecule has 1 rings (SSSR count). The molecule has 0 fully saturated rings. The predicted octanol–water partition coefficient (Wildman–Crippen LogP) is 2.50. The molecule has 0 heterocycles. The smallest absolute Gasteiger partial charge is 0.313 e. The molecule has 0 radical (unpaired) electrons. The zero-order chi connectivity index (χ0) is 15.7. The first-order valence-corrected chi connectivity index (χ1v) is 6.67. The molecule has 0 atom stereocenters. The fourth-order valence-corrected chi connectivity index (χ4v) is 1.51. The van der Waals surface area contributed by atoms with Crippen LogP contribution in [0.15, 0.2) is 36.1 Å². The van der Waals surface area contributed by atoms with E-state index in [4.69, 9.17) is 9.47 Å². The molecule has 21 heavy (non-hydrogen) atoms. The molecule has 0 aliphatic rings. The van der Waals surface area contributed by atoms with Crippen LogP contribution in [0.4, 0.5) is 0 Å². The number of carbonyl (C=O) groups is 3. The number of rotatable bonds is 7. The van der Waals surface area contributed by atoms with Gasteiger partial charge in [0.2, 0.25) is 5.78 Å². The molecular formula is C16H18O5. The molecule has 0 N–H and O–H groups in total. The molecule has 5 heteroatoms. The number of ether oxygens (including phenoxy) is 2. The van der Waals surface area contributed by atoms with E-state index in [0.717, 1.165) is 0 Å². The maximum atomic E-state index is 12.0. The van der Waals surface area contributed by atoms with Gasteiger partial charge in [0.25, 0.3) is 0 Å². The van der Waals surface area contributed by atoms with Crippen LogP contribution in [0.5, 0.6) is 0 Å². The summed E-state index contributed by atoms with van der Waals surface area (Å²) in [6.07, 6.45) is 1.65. The maximum absolute atomic E-state index is 12.0. The summed E-state index contributed by atoms with van der Waals surface area (Å²) in [4.78, 5) is 34.5. The number of benzene rings is 1. The third kappa shape index (κ3) is 6.51. The molecule has 0 bridgehead atoms. The van der Waals surface area contributed by atoms with Crippen molar-refractivity contribution in [3.8, 4) is 0 Å². The Hall–Kier alpha value is -2.43. The molecule has 0 aliphatic heterocycles. The van der Waals surface area contributed by atoms with Crippen LogP contribution in [0.1, 0.15) is 32.3 Å². The van der Waals surface area contributed by atoms with E-state index in [1.54, 1.807) is 24.3 Å². The van der Waals surface area contributed by atoms with Gasteiger partial charge in [-0.05, 0) is 18.1 Å². The number of esters is 2. The van der Waals surface area contributed by atoms with Crippen molar-refractivity contribution in [2.24, 2.45) is 0 Å². The van der Waals surface area contributed by atoms with Gasteiger partial charge in [-0.25, -0.2) is 0 Å². The minimum Gasteiger partial charge on any atom is -0.465 e. The average molecular weight is 290 g/mol. The summed E-state index contributed by atoms with van der Waals surface area (Å²) in [5.74, 6) is -2.00. The lowest BCUT2D eigenvalue weighted by Crippen LogP contribution is -2.16. The fraction of sp³-hybridized carbons (Fsp3) is 0.312. The number of hydrogen-bond acceptors (Lipinski definition) is 5. The van der Waals surface area contributed by atoms with Gasteiger partial charge in [-0.1, -0.05) is 37.3 Å². The van der Waals surface area contributed by atoms with Gasteiger partial charge in [0.1, 0.15) is 6.42 Å². The van der Waals surface area contributed by atoms with E-state index in [-0.39, 0.29) is 12.4 Å². The Morgan fingerprint density at radius 3 is 2.38 bits per heavy atom. The minimum atomic E-state index is -0.632. The summed E-state index contributed by atoms with van der Waals surface area (Å²) >= 11 is 0. The van der Waals surface area contributed by atoms with Crippen LogP contribution in [0.3, 0.4) is 0 Å². The van der Waals surface area contributed by atoms with Crippen molar-refractivity contribution < 1.29 is 23.9 Å². The zero-order valence-electron chi connectivity index (χ0n) is 12.1. The molecule has 1 aromatic rings. The van der Waals surface area contributed by atoms with Gasteiger partial charge in [0, 0.05) is 6.92 Å². The van der Waals surface area contributed by atoms with Crippen LogP contribution in [0.25, 0.3) is 6.08 Å². The van der Waals surface area contributed by atoms with E-state index in [9.17, 15) is 14.4 Å². The first-order valence-electron chi connectivity index (χ1n) is 6.67. The van der Waals surface area contributed by atoms with Crippen LogP contribution >= 0.6 is 0 Å². The largest absolute Gasteiger partial charge is 0.465 e. The Bertz CT molecular complexity index is 531. The molecule has 0 spiro atoms. The Morgan fingerprint density at radius 2 is 1.81 bits per heavy atom. The van der Waals surface area contributed by atoms with E-state index < -0.39 is 24.1 Å². The average Bonchev–Trinajstić information content (AvgIpc) is 2.45. The van der Waals surface area contributed by atoms with Crippen LogP contribution in [0.2, 0.25) is 0 Å². The summed E-state index contributed by atoms with van der Waals surface area (Å²) in [5, 5.41) is 0. The third-order valence-electron chi connectivity index (χ3n) is 2.40. The van der Waals surface area contributed by atoms with E-state index in [1.807, 2.05) is 13.0 Å². The quantitative estimate of drug-likeness (QED) is 0.334. The highest BCUT2D eigenvalue weighted by Crippen LogP contribution is 2.11. The zero-order valence-corrected chi connectivity index (χ0v) is 12.1. The molecule has 0 amide bonds. The molecule has 5 nitrogen and oxygen atoms in total. The normalized spacial score (nSPS) is 10.9. The van der Waals surface area contributed by atoms with Crippen molar-refractivity contribution in [1.82, 2.24) is 0 Å². The van der Waals surface area contributed by atoms with Crippen LogP contribution in [0, 0.1) is 0 Å². The Labute approximate surface area is 123 Å². The van der Waals surface area contributed by atoms with E-state index in [0.29, 0.717) is 12.0 Å². The van der Waals surface area contributed by atoms with Crippen molar-refractivity contribution in [3.63, 3.8) is 0 Å². The van der Waals surface area contributed by atoms with Crippen molar-refractivity contribution in [1.29, 1.82) is 0 Å². The van der Waals surface area contributed by atoms with Crippen molar-refractivity contribution in [2.75, 3.05) is 6.61 Å². The van der Waals surface area contributed by atoms with Gasteiger partial charge < -0.3 is 9.47 Å². The second-order valence-electron chi connectivity index (χ2n) is 4.33. The monoisotopic (exact) mass is 290 g/mol. The van der Waals surface area contributed by atoms with Gasteiger partial charge in [0.15, 0.2) is 5.76 Å². The third-order valence-corrected chi connectivity index (χ3v) is 2.40. The standard InChI is InChI=1S/C16H18O5/c1-3-9-20-16(19)11-14(18)15(21-12(2)17)10-13-7-5-4-6-8-13/h4-8,10H,3,9,11H2,1-2H3. The first kappa shape index (κ1) is 16.6. The van der Waals surface area contributed by atoms with Crippen molar-refractivity contribution in [3.05, 3.63) is 41.7 Å². The molecular weight excluding hydrogens is 272 g/mol. The van der Waals surface area contributed by atoms with Gasteiger partial charge in [-0.15, -0.1) is 0 Å². The van der Waals surface area contributed by atoms with Crippen LogP contribution in [-0.2, 0) is 23.9 Å². The Kier molecular flexibility index (Phi) is 6.87. The first-order chi connectivity index (χ1) is 10.0. The maximum Gasteiger partial charge on any atom is 0.313 e. The summed E-state index contributed by atoms with van der Waals surface area (Å²) in [6.45, 7) is 3.31. The van der Waals surface area contributed by atoms with Gasteiger partial charge >= 0.3 is 11.9 Å². The molecule has 0 saturated carbocycles. The highest BCUT2D eigenvalue weighted by molar-refractivity contribution is 6.07. The number of ketones is 1. The summed E-state index contributed by atoms with van der Waals surface area (Å²) in [7, 11) is 0. The Balaban J connectivity index is 2.82. The molecule has 0 aliphatic carbocycles. The van der Waals surface area contributed by atoms with Gasteiger partial charge in [0.05, 0.1) is 6.61 Å². The SMILES string of the molecule is CCCOC(=O)CC(=O)C(=Cc1ccccc1)OC(C)=O. The molecule has 0 aromatic heterocycles. The minimum absolute atomic E-state index is 0.165. The second kappa shape index (κ2) is 8.68. The summed E-state index contributed by atoms with van der Waals surface area (Å²) < 4.78 is 9.73. The highest BCUT2D eigenvalue weighted by Gasteiger charge is 2.18. The number of carbonyl (C=O) groups excluding carboxylic acids is 3. The van der Waals surface area contributed by atoms with Gasteiger partial charge in [-0.3, -0.25) is 14.4 Å². The molecule has 0 unspecified atom stereocenters. The van der Waals surface area contributed by atoms with E-state index in [2.05, 4.69) is 0 Å². The fourth-order valence-electron chi connectivity index (χ4n) is 1.51. The van der Waals surface area contributed by atoms with Crippen LogP contribution in [-0.4, -0.2) is 24.3 Å². The number of Topliss-reactive ketones (excluding diaryl/α,β-unsaturated/α-hetero) is 1. The Morgan fingerprint density at radius 1 is 1.14 bits per heavy atom. The lowest BCUT2D eigenvalue weighted by Gasteiger charge is -2.07.